The first-order chi connectivity index (χ1) is 8.93. The molecule has 1 N–H and O–H groups in total. The van der Waals surface area contributed by atoms with E-state index in [1.165, 1.54) is 15.6 Å². The topological polar surface area (TPSA) is 49.4 Å². The van der Waals surface area contributed by atoms with Crippen LogP contribution in [0.5, 0.6) is 0 Å². The van der Waals surface area contributed by atoms with Crippen LogP contribution in [0.3, 0.4) is 0 Å². The number of nitrogens with zero attached hydrogens (tertiary/aromatic N) is 1. The van der Waals surface area contributed by atoms with Gasteiger partial charge >= 0.3 is 0 Å². The predicted octanol–water partition coefficient (Wildman–Crippen LogP) is 2.44. The summed E-state index contributed by atoms with van der Waals surface area (Å²) < 4.78 is 26.7. The largest absolute Gasteiger partial charge is 0.312 e. The number of hydrogen-bond acceptors (Lipinski definition) is 4. The molecule has 19 heavy (non-hydrogen) atoms. The van der Waals surface area contributed by atoms with Gasteiger partial charge in [0.05, 0.1) is 4.90 Å². The highest BCUT2D eigenvalue weighted by atomic mass is 32.2. The van der Waals surface area contributed by atoms with Gasteiger partial charge < -0.3 is 5.32 Å². The van der Waals surface area contributed by atoms with Gasteiger partial charge in [-0.3, -0.25) is 0 Å². The maximum atomic E-state index is 12.6. The first kappa shape index (κ1) is 16.4. The Balaban J connectivity index is 3.04. The van der Waals surface area contributed by atoms with Crippen molar-refractivity contribution in [1.82, 2.24) is 9.62 Å². The lowest BCUT2D eigenvalue weighted by Crippen LogP contribution is -2.32. The van der Waals surface area contributed by atoms with Crippen LogP contribution in [0, 0.1) is 0 Å². The lowest BCUT2D eigenvalue weighted by atomic mass is 10.3. The van der Waals surface area contributed by atoms with Crippen LogP contribution in [-0.2, 0) is 16.6 Å². The molecular weight excluding hydrogens is 280 g/mol. The van der Waals surface area contributed by atoms with Crippen molar-refractivity contribution in [2.24, 2.45) is 0 Å². The van der Waals surface area contributed by atoms with Gasteiger partial charge in [-0.05, 0) is 24.9 Å². The summed E-state index contributed by atoms with van der Waals surface area (Å²) in [5, 5.41) is 5.00. The molecule has 0 amide bonds. The third-order valence-corrected chi connectivity index (χ3v) is 5.71. The zero-order chi connectivity index (χ0) is 14.5. The molecule has 1 rings (SSSR count). The first-order valence-corrected chi connectivity index (χ1v) is 8.67. The molecule has 1 heterocycles. The van der Waals surface area contributed by atoms with Crippen molar-refractivity contribution in [3.05, 3.63) is 28.5 Å². The van der Waals surface area contributed by atoms with Crippen molar-refractivity contribution in [1.29, 1.82) is 0 Å². The van der Waals surface area contributed by atoms with Crippen LogP contribution in [-0.4, -0.2) is 32.4 Å². The minimum absolute atomic E-state index is 0.370. The molecule has 6 heteroatoms. The Bertz CT molecular complexity index is 521. The average Bonchev–Trinajstić information content (AvgIpc) is 2.81. The molecule has 0 saturated carbocycles. The Morgan fingerprint density at radius 1 is 1.47 bits per heavy atom. The summed E-state index contributed by atoms with van der Waals surface area (Å²) in [7, 11) is -3.42. The summed E-state index contributed by atoms with van der Waals surface area (Å²) in [6, 6.07) is 1.69. The molecule has 0 spiro atoms. The maximum Gasteiger partial charge on any atom is 0.244 e. The zero-order valence-electron chi connectivity index (χ0n) is 11.8. The summed E-state index contributed by atoms with van der Waals surface area (Å²) >= 11 is 1.47. The third-order valence-electron chi connectivity index (χ3n) is 2.66. The molecule has 1 aromatic heterocycles. The molecule has 0 aliphatic heterocycles. The smallest absolute Gasteiger partial charge is 0.244 e. The van der Waals surface area contributed by atoms with E-state index in [0.29, 0.717) is 24.5 Å². The maximum absolute atomic E-state index is 12.6. The van der Waals surface area contributed by atoms with E-state index in [4.69, 9.17) is 0 Å². The minimum Gasteiger partial charge on any atom is -0.312 e. The lowest BCUT2D eigenvalue weighted by Gasteiger charge is -2.20. The van der Waals surface area contributed by atoms with Gasteiger partial charge in [-0.15, -0.1) is 11.3 Å². The van der Waals surface area contributed by atoms with Crippen LogP contribution in [0.1, 0.15) is 25.6 Å². The second kappa shape index (κ2) is 7.19. The highest BCUT2D eigenvalue weighted by molar-refractivity contribution is 7.89. The molecule has 0 fully saturated rings. The van der Waals surface area contributed by atoms with Gasteiger partial charge in [0.2, 0.25) is 10.0 Å². The Hall–Kier alpha value is -0.690. The molecule has 0 aliphatic carbocycles. The van der Waals surface area contributed by atoms with E-state index < -0.39 is 10.0 Å². The fraction of sp³-hybridized carbons (Fsp3) is 0.538. The molecule has 0 bridgehead atoms. The van der Waals surface area contributed by atoms with E-state index in [1.54, 1.807) is 6.07 Å². The molecule has 1 aromatic rings. The van der Waals surface area contributed by atoms with Crippen molar-refractivity contribution in [3.63, 3.8) is 0 Å². The van der Waals surface area contributed by atoms with Gasteiger partial charge in [0.15, 0.2) is 0 Å². The molecule has 0 unspecified atom stereocenters. The van der Waals surface area contributed by atoms with E-state index in [0.717, 1.165) is 17.0 Å². The minimum atomic E-state index is -3.42. The van der Waals surface area contributed by atoms with Crippen LogP contribution >= 0.6 is 11.3 Å². The van der Waals surface area contributed by atoms with Crippen LogP contribution in [0.15, 0.2) is 28.5 Å². The van der Waals surface area contributed by atoms with Gasteiger partial charge in [0.25, 0.3) is 0 Å². The SMILES string of the molecule is C=C(C)CN(CC)S(=O)(=O)c1ccsc1CNCC. The van der Waals surface area contributed by atoms with Crippen LogP contribution in [0.25, 0.3) is 0 Å². The molecule has 0 radical (unpaired) electrons. The van der Waals surface area contributed by atoms with E-state index in [-0.39, 0.29) is 0 Å². The van der Waals surface area contributed by atoms with E-state index in [9.17, 15) is 8.42 Å². The molecule has 0 saturated heterocycles. The quantitative estimate of drug-likeness (QED) is 0.750. The molecule has 4 nitrogen and oxygen atoms in total. The van der Waals surface area contributed by atoms with Gasteiger partial charge in [-0.2, -0.15) is 4.31 Å². The Morgan fingerprint density at radius 3 is 2.68 bits per heavy atom. The number of hydrogen-bond donors (Lipinski definition) is 1. The fourth-order valence-corrected chi connectivity index (χ4v) is 4.63. The monoisotopic (exact) mass is 302 g/mol. The number of likely N-dealkylation sites (N-methyl/N-ethyl adjacent to an activating group) is 1. The summed E-state index contributed by atoms with van der Waals surface area (Å²) in [6.07, 6.45) is 0. The summed E-state index contributed by atoms with van der Waals surface area (Å²) in [5.74, 6) is 0. The fourth-order valence-electron chi connectivity index (χ4n) is 1.73. The number of rotatable bonds is 8. The Kier molecular flexibility index (Phi) is 6.19. The first-order valence-electron chi connectivity index (χ1n) is 6.35. The van der Waals surface area contributed by atoms with Gasteiger partial charge in [-0.25, -0.2) is 8.42 Å². The van der Waals surface area contributed by atoms with Gasteiger partial charge in [0.1, 0.15) is 0 Å². The van der Waals surface area contributed by atoms with Crippen LogP contribution in [0.4, 0.5) is 0 Å². The Morgan fingerprint density at radius 2 is 2.16 bits per heavy atom. The number of nitrogens with one attached hydrogen (secondary N) is 1. The second-order valence-electron chi connectivity index (χ2n) is 4.38. The predicted molar refractivity (Wildman–Crippen MR) is 80.9 cm³/mol. The molecule has 0 atom stereocenters. The average molecular weight is 302 g/mol. The third kappa shape index (κ3) is 4.14. The zero-order valence-corrected chi connectivity index (χ0v) is 13.4. The molecule has 0 aromatic carbocycles. The van der Waals surface area contributed by atoms with Crippen molar-refractivity contribution >= 4 is 21.4 Å². The second-order valence-corrected chi connectivity index (χ2v) is 7.28. The lowest BCUT2D eigenvalue weighted by molar-refractivity contribution is 0.452. The van der Waals surface area contributed by atoms with Crippen molar-refractivity contribution in [2.45, 2.75) is 32.2 Å². The molecular formula is C13H22N2O2S2. The summed E-state index contributed by atoms with van der Waals surface area (Å²) in [4.78, 5) is 1.28. The Labute approximate surface area is 120 Å². The van der Waals surface area contributed by atoms with Gasteiger partial charge in [0, 0.05) is 24.5 Å². The number of thiophene rings is 1. The van der Waals surface area contributed by atoms with Gasteiger partial charge in [-0.1, -0.05) is 26.0 Å². The number of sulfonamides is 1. The van der Waals surface area contributed by atoms with Crippen LogP contribution in [0.2, 0.25) is 0 Å². The standard InChI is InChI=1S/C13H22N2O2S2/c1-5-14-9-12-13(7-8-18-12)19(16,17)15(6-2)10-11(3)4/h7-8,14H,3,5-6,9-10H2,1-2,4H3. The van der Waals surface area contributed by atoms with Crippen LogP contribution < -0.4 is 5.32 Å². The molecule has 108 valence electrons. The normalized spacial score (nSPS) is 12.0. The summed E-state index contributed by atoms with van der Waals surface area (Å²) in [6.45, 7) is 11.7. The highest BCUT2D eigenvalue weighted by Crippen LogP contribution is 2.25. The van der Waals surface area contributed by atoms with Crippen molar-refractivity contribution in [3.8, 4) is 0 Å². The van der Waals surface area contributed by atoms with Crippen molar-refractivity contribution in [2.75, 3.05) is 19.6 Å². The van der Waals surface area contributed by atoms with Crippen molar-refractivity contribution < 1.29 is 8.42 Å². The highest BCUT2D eigenvalue weighted by Gasteiger charge is 2.26. The van der Waals surface area contributed by atoms with E-state index in [1.807, 2.05) is 26.2 Å². The summed E-state index contributed by atoms with van der Waals surface area (Å²) in [5.41, 5.74) is 0.842. The molecule has 0 aliphatic rings. The van der Waals surface area contributed by atoms with E-state index >= 15 is 0 Å². The van der Waals surface area contributed by atoms with E-state index in [2.05, 4.69) is 11.9 Å².